The molecule has 2 aliphatic heterocycles. The number of amides is 1. The van der Waals surface area contributed by atoms with Gasteiger partial charge in [0.1, 0.15) is 11.4 Å². The van der Waals surface area contributed by atoms with Crippen molar-refractivity contribution in [2.75, 3.05) is 6.54 Å². The third kappa shape index (κ3) is 4.64. The van der Waals surface area contributed by atoms with Gasteiger partial charge in [0, 0.05) is 12.1 Å². The Kier molecular flexibility index (Phi) is 5.96. The first-order valence-corrected chi connectivity index (χ1v) is 12.8. The molecule has 190 valence electrons. The number of H-pyrrole nitrogens is 1. The van der Waals surface area contributed by atoms with E-state index in [1.165, 1.54) is 0 Å². The molecule has 2 saturated heterocycles. The first-order valence-electron chi connectivity index (χ1n) is 12.8. The van der Waals surface area contributed by atoms with Gasteiger partial charge in [-0.3, -0.25) is 4.90 Å². The molecule has 8 heteroatoms. The summed E-state index contributed by atoms with van der Waals surface area (Å²) in [4.78, 5) is 22.6. The van der Waals surface area contributed by atoms with Gasteiger partial charge in [0.15, 0.2) is 0 Å². The number of aromatic nitrogens is 2. The molecule has 7 nitrogen and oxygen atoms in total. The Hall–Kier alpha value is -2.84. The average Bonchev–Trinajstić information content (AvgIpc) is 3.49. The van der Waals surface area contributed by atoms with Crippen LogP contribution in [0.2, 0.25) is 0 Å². The number of hydrogen-bond acceptors (Lipinski definition) is 5. The highest BCUT2D eigenvalue weighted by Gasteiger charge is 2.51. The zero-order valence-corrected chi connectivity index (χ0v) is 22.3. The van der Waals surface area contributed by atoms with Crippen LogP contribution in [0.25, 0.3) is 22.0 Å². The number of carbonyl (C=O) groups is 1. The van der Waals surface area contributed by atoms with Crippen molar-refractivity contribution >= 4 is 29.4 Å². The molecule has 3 heterocycles. The predicted octanol–water partition coefficient (Wildman–Crippen LogP) is 5.60. The van der Waals surface area contributed by atoms with Crippen molar-refractivity contribution in [3.8, 4) is 11.3 Å². The first kappa shape index (κ1) is 24.8. The Labute approximate surface area is 213 Å². The summed E-state index contributed by atoms with van der Waals surface area (Å²) in [7, 11) is -0.381. The highest BCUT2D eigenvalue weighted by Crippen LogP contribution is 2.37. The van der Waals surface area contributed by atoms with Crippen LogP contribution in [0, 0.1) is 0 Å². The average molecular weight is 489 g/mol. The molecule has 3 aromatic rings. The lowest BCUT2D eigenvalue weighted by molar-refractivity contribution is 0.00578. The number of aromatic amines is 1. The monoisotopic (exact) mass is 489 g/mol. The molecule has 5 rings (SSSR count). The zero-order valence-electron chi connectivity index (χ0n) is 22.3. The lowest BCUT2D eigenvalue weighted by Crippen LogP contribution is -2.41. The van der Waals surface area contributed by atoms with Gasteiger partial charge in [0.25, 0.3) is 0 Å². The number of likely N-dealkylation sites (tertiary alicyclic amines) is 1. The molecule has 0 unspecified atom stereocenters. The Morgan fingerprint density at radius 1 is 1.08 bits per heavy atom. The van der Waals surface area contributed by atoms with Gasteiger partial charge in [-0.2, -0.15) is 0 Å². The molecule has 1 aromatic heterocycles. The summed E-state index contributed by atoms with van der Waals surface area (Å²) in [6.07, 6.45) is 3.36. The molecule has 0 bridgehead atoms. The highest BCUT2D eigenvalue weighted by molar-refractivity contribution is 6.62. The fourth-order valence-corrected chi connectivity index (χ4v) is 4.80. The second-order valence-electron chi connectivity index (χ2n) is 11.9. The molecule has 36 heavy (non-hydrogen) atoms. The Balaban J connectivity index is 1.35. The molecule has 0 spiro atoms. The molecule has 1 atom stereocenters. The fourth-order valence-electron chi connectivity index (χ4n) is 4.80. The van der Waals surface area contributed by atoms with Crippen LogP contribution in [0.5, 0.6) is 0 Å². The van der Waals surface area contributed by atoms with Crippen molar-refractivity contribution in [1.29, 1.82) is 0 Å². The largest absolute Gasteiger partial charge is 0.494 e. The van der Waals surface area contributed by atoms with E-state index in [0.29, 0.717) is 6.54 Å². The van der Waals surface area contributed by atoms with E-state index < -0.39 is 5.60 Å². The number of ether oxygens (including phenoxy) is 1. The van der Waals surface area contributed by atoms with Crippen LogP contribution in [-0.2, 0) is 14.0 Å². The van der Waals surface area contributed by atoms with Gasteiger partial charge in [-0.25, -0.2) is 9.78 Å². The number of nitrogens with zero attached hydrogens (tertiary/aromatic N) is 2. The maximum atomic E-state index is 12.7. The van der Waals surface area contributed by atoms with Gasteiger partial charge < -0.3 is 19.0 Å². The van der Waals surface area contributed by atoms with Gasteiger partial charge >= 0.3 is 13.2 Å². The molecule has 2 fully saturated rings. The molecule has 0 aliphatic carbocycles. The van der Waals surface area contributed by atoms with Gasteiger partial charge in [-0.15, -0.1) is 0 Å². The summed E-state index contributed by atoms with van der Waals surface area (Å²) in [5.41, 5.74) is 1.73. The van der Waals surface area contributed by atoms with Crippen LogP contribution < -0.4 is 5.46 Å². The summed E-state index contributed by atoms with van der Waals surface area (Å²) in [5, 5.41) is 2.25. The van der Waals surface area contributed by atoms with E-state index in [1.54, 1.807) is 4.90 Å². The maximum absolute atomic E-state index is 12.7. The van der Waals surface area contributed by atoms with Crippen LogP contribution in [-0.4, -0.2) is 51.4 Å². The van der Waals surface area contributed by atoms with Gasteiger partial charge in [-0.05, 0) is 83.6 Å². The molecule has 0 saturated carbocycles. The lowest BCUT2D eigenvalue weighted by Gasteiger charge is -2.32. The van der Waals surface area contributed by atoms with Gasteiger partial charge in [0.2, 0.25) is 0 Å². The predicted molar refractivity (Wildman–Crippen MR) is 142 cm³/mol. The molecule has 1 amide bonds. The zero-order chi connectivity index (χ0) is 25.9. The molecule has 2 aliphatic rings. The van der Waals surface area contributed by atoms with Crippen LogP contribution in [0.1, 0.15) is 73.2 Å². The van der Waals surface area contributed by atoms with E-state index in [1.807, 2.05) is 27.0 Å². The minimum atomic E-state index is -0.522. The number of nitrogens with one attached hydrogen (secondary N) is 1. The number of benzene rings is 2. The smallest absolute Gasteiger partial charge is 0.444 e. The summed E-state index contributed by atoms with van der Waals surface area (Å²) in [6.45, 7) is 14.6. The minimum absolute atomic E-state index is 0.100. The van der Waals surface area contributed by atoms with E-state index in [2.05, 4.69) is 74.1 Å². The van der Waals surface area contributed by atoms with Crippen LogP contribution in [0.15, 0.2) is 42.6 Å². The lowest BCUT2D eigenvalue weighted by atomic mass is 9.78. The molecular formula is C28H36BN3O4. The van der Waals surface area contributed by atoms with Crippen molar-refractivity contribution in [1.82, 2.24) is 14.9 Å². The number of imidazole rings is 1. The number of hydrogen-bond donors (Lipinski definition) is 1. The number of rotatable bonds is 3. The van der Waals surface area contributed by atoms with Crippen molar-refractivity contribution in [2.45, 2.75) is 84.2 Å². The number of fused-ring (bicyclic) bond motifs is 1. The summed E-state index contributed by atoms with van der Waals surface area (Å²) in [5.74, 6) is 0.796. The highest BCUT2D eigenvalue weighted by atomic mass is 16.7. The van der Waals surface area contributed by atoms with Crippen molar-refractivity contribution in [3.05, 3.63) is 48.4 Å². The van der Waals surface area contributed by atoms with E-state index in [9.17, 15) is 4.79 Å². The van der Waals surface area contributed by atoms with Crippen molar-refractivity contribution < 1.29 is 18.8 Å². The molecule has 2 aromatic carbocycles. The van der Waals surface area contributed by atoms with Gasteiger partial charge in [-0.1, -0.05) is 30.3 Å². The summed E-state index contributed by atoms with van der Waals surface area (Å²) < 4.78 is 18.1. The first-order chi connectivity index (χ1) is 16.8. The summed E-state index contributed by atoms with van der Waals surface area (Å²) in [6, 6.07) is 12.6. The van der Waals surface area contributed by atoms with E-state index in [4.69, 9.17) is 14.0 Å². The van der Waals surface area contributed by atoms with Crippen LogP contribution in [0.3, 0.4) is 0 Å². The molecule has 0 radical (unpaired) electrons. The Morgan fingerprint density at radius 3 is 2.44 bits per heavy atom. The van der Waals surface area contributed by atoms with E-state index in [-0.39, 0.29) is 30.5 Å². The third-order valence-corrected chi connectivity index (χ3v) is 7.49. The topological polar surface area (TPSA) is 76.7 Å². The van der Waals surface area contributed by atoms with Crippen molar-refractivity contribution in [2.24, 2.45) is 0 Å². The normalized spacial score (nSPS) is 21.4. The summed E-state index contributed by atoms with van der Waals surface area (Å²) >= 11 is 0. The molecular weight excluding hydrogens is 453 g/mol. The third-order valence-electron chi connectivity index (χ3n) is 7.49. The standard InChI is InChI=1S/C28H36BN3O4/c1-26(2,3)34-25(33)32-14-8-9-23(32)24-30-17-22(31-24)20-11-10-19-16-21(13-12-18(19)15-20)29-35-27(4,5)28(6,7)36-29/h10-13,15-17,23H,8-9,14H2,1-7H3,(H,30,31)/t23-/m0/s1. The van der Waals surface area contributed by atoms with Gasteiger partial charge in [0.05, 0.1) is 29.1 Å². The van der Waals surface area contributed by atoms with Crippen LogP contribution >= 0.6 is 0 Å². The second kappa shape index (κ2) is 8.63. The quantitative estimate of drug-likeness (QED) is 0.485. The minimum Gasteiger partial charge on any atom is -0.444 e. The number of carbonyl (C=O) groups excluding carboxylic acids is 1. The maximum Gasteiger partial charge on any atom is 0.494 e. The fraction of sp³-hybridized carbons (Fsp3) is 0.500. The van der Waals surface area contributed by atoms with Crippen molar-refractivity contribution in [3.63, 3.8) is 0 Å². The Bertz CT molecular complexity index is 1280. The SMILES string of the molecule is CC(C)(C)OC(=O)N1CCC[C@H]1c1ncc(-c2ccc3cc(B4OC(C)(C)C(C)(C)O4)ccc3c2)[nH]1. The molecule has 1 N–H and O–H groups in total. The van der Waals surface area contributed by atoms with E-state index >= 15 is 0 Å². The Morgan fingerprint density at radius 2 is 1.75 bits per heavy atom. The van der Waals surface area contributed by atoms with Crippen LogP contribution in [0.4, 0.5) is 4.79 Å². The van der Waals surface area contributed by atoms with E-state index in [0.717, 1.165) is 46.2 Å². The second-order valence-corrected chi connectivity index (χ2v) is 11.9.